The van der Waals surface area contributed by atoms with Crippen LogP contribution in [-0.2, 0) is 0 Å². The van der Waals surface area contributed by atoms with Crippen LogP contribution in [0.15, 0.2) is 18.2 Å². The summed E-state index contributed by atoms with van der Waals surface area (Å²) >= 11 is 0. The third-order valence-corrected chi connectivity index (χ3v) is 3.66. The van der Waals surface area contributed by atoms with Crippen LogP contribution >= 0.6 is 0 Å². The van der Waals surface area contributed by atoms with Gasteiger partial charge < -0.3 is 10.6 Å². The molecule has 5 nitrogen and oxygen atoms in total. The predicted octanol–water partition coefficient (Wildman–Crippen LogP) is 1.60. The lowest BCUT2D eigenvalue weighted by Gasteiger charge is -2.22. The molecule has 0 unspecified atom stereocenters. The number of anilines is 1. The third-order valence-electron chi connectivity index (χ3n) is 3.66. The fourth-order valence-electron chi connectivity index (χ4n) is 2.55. The number of rotatable bonds is 6. The number of amides is 2. The average molecular weight is 275 g/mol. The Balaban J connectivity index is 2.11. The van der Waals surface area contributed by atoms with Crippen LogP contribution < -0.4 is 5.73 Å². The van der Waals surface area contributed by atoms with Gasteiger partial charge in [0.1, 0.15) is 0 Å². The number of carbonyl (C=O) groups excluding carboxylic acids is 2. The first-order valence-corrected chi connectivity index (χ1v) is 7.07. The lowest BCUT2D eigenvalue weighted by molar-refractivity contribution is 0.0637. The lowest BCUT2D eigenvalue weighted by atomic mass is 10.1. The zero-order valence-corrected chi connectivity index (χ0v) is 12.1. The van der Waals surface area contributed by atoms with Crippen LogP contribution in [0.3, 0.4) is 0 Å². The number of likely N-dealkylation sites (N-methyl/N-ethyl adjacent to an activating group) is 1. The van der Waals surface area contributed by atoms with E-state index in [0.29, 0.717) is 29.9 Å². The molecule has 0 saturated heterocycles. The average Bonchev–Trinajstić information content (AvgIpc) is 2.68. The molecule has 0 saturated carbocycles. The van der Waals surface area contributed by atoms with E-state index in [9.17, 15) is 9.59 Å². The van der Waals surface area contributed by atoms with Crippen LogP contribution in [0.25, 0.3) is 0 Å². The first-order chi connectivity index (χ1) is 9.60. The van der Waals surface area contributed by atoms with E-state index in [1.165, 1.54) is 4.90 Å². The lowest BCUT2D eigenvalue weighted by Crippen LogP contribution is -2.38. The van der Waals surface area contributed by atoms with Gasteiger partial charge >= 0.3 is 0 Å². The normalized spacial score (nSPS) is 14.2. The van der Waals surface area contributed by atoms with Gasteiger partial charge in [0, 0.05) is 18.8 Å². The Morgan fingerprint density at radius 1 is 1.15 bits per heavy atom. The van der Waals surface area contributed by atoms with Crippen LogP contribution in [0.2, 0.25) is 0 Å². The molecule has 5 heteroatoms. The molecular formula is C15H21N3O2. The van der Waals surface area contributed by atoms with Gasteiger partial charge in [-0.15, -0.1) is 0 Å². The smallest absolute Gasteiger partial charge is 0.263 e. The molecule has 2 rings (SSSR count). The fraction of sp³-hybridized carbons (Fsp3) is 0.467. The number of nitrogens with two attached hydrogens (primary N) is 1. The summed E-state index contributed by atoms with van der Waals surface area (Å²) in [5.74, 6) is -0.500. The zero-order valence-electron chi connectivity index (χ0n) is 12.1. The van der Waals surface area contributed by atoms with Gasteiger partial charge in [0.2, 0.25) is 0 Å². The molecular weight excluding hydrogens is 254 g/mol. The largest absolute Gasteiger partial charge is 0.398 e. The summed E-state index contributed by atoms with van der Waals surface area (Å²) in [5, 5.41) is 0. The molecule has 108 valence electrons. The van der Waals surface area contributed by atoms with Crippen LogP contribution in [0.5, 0.6) is 0 Å². The Labute approximate surface area is 119 Å². The molecule has 1 aliphatic heterocycles. The van der Waals surface area contributed by atoms with Gasteiger partial charge in [0.25, 0.3) is 11.8 Å². The molecule has 1 heterocycles. The van der Waals surface area contributed by atoms with Crippen molar-refractivity contribution in [2.45, 2.75) is 20.3 Å². The van der Waals surface area contributed by atoms with E-state index in [1.807, 2.05) is 0 Å². The summed E-state index contributed by atoms with van der Waals surface area (Å²) < 4.78 is 0. The molecule has 0 fully saturated rings. The van der Waals surface area contributed by atoms with E-state index in [1.54, 1.807) is 18.2 Å². The van der Waals surface area contributed by atoms with Crippen LogP contribution in [0.4, 0.5) is 5.69 Å². The minimum atomic E-state index is -0.268. The van der Waals surface area contributed by atoms with Crippen molar-refractivity contribution in [3.05, 3.63) is 29.3 Å². The number of hydrogen-bond acceptors (Lipinski definition) is 4. The maximum atomic E-state index is 12.3. The molecule has 2 amide bonds. The molecule has 20 heavy (non-hydrogen) atoms. The van der Waals surface area contributed by atoms with Gasteiger partial charge in [-0.3, -0.25) is 14.5 Å². The number of benzene rings is 1. The molecule has 0 spiro atoms. The van der Waals surface area contributed by atoms with E-state index < -0.39 is 0 Å². The van der Waals surface area contributed by atoms with E-state index in [-0.39, 0.29) is 11.8 Å². The van der Waals surface area contributed by atoms with Crippen molar-refractivity contribution in [3.63, 3.8) is 0 Å². The number of fused-ring (bicyclic) bond motifs is 1. The maximum Gasteiger partial charge on any atom is 0.263 e. The van der Waals surface area contributed by atoms with Gasteiger partial charge in [0.15, 0.2) is 0 Å². The van der Waals surface area contributed by atoms with Crippen LogP contribution in [-0.4, -0.2) is 47.8 Å². The Kier molecular flexibility index (Phi) is 4.39. The summed E-state index contributed by atoms with van der Waals surface area (Å²) in [6.45, 7) is 7.21. The van der Waals surface area contributed by atoms with Crippen molar-refractivity contribution in [1.82, 2.24) is 9.80 Å². The second-order valence-corrected chi connectivity index (χ2v) is 4.97. The van der Waals surface area contributed by atoms with Crippen molar-refractivity contribution in [2.24, 2.45) is 0 Å². The first kappa shape index (κ1) is 14.5. The van der Waals surface area contributed by atoms with Gasteiger partial charge in [0.05, 0.1) is 11.1 Å². The Bertz CT molecular complexity index is 528. The number of nitrogen functional groups attached to an aromatic ring is 1. The molecule has 0 aromatic heterocycles. The minimum absolute atomic E-state index is 0.232. The van der Waals surface area contributed by atoms with Gasteiger partial charge in [-0.2, -0.15) is 0 Å². The van der Waals surface area contributed by atoms with E-state index in [2.05, 4.69) is 18.7 Å². The van der Waals surface area contributed by atoms with Gasteiger partial charge in [-0.25, -0.2) is 0 Å². The van der Waals surface area contributed by atoms with Gasteiger partial charge in [-0.1, -0.05) is 19.9 Å². The summed E-state index contributed by atoms with van der Waals surface area (Å²) in [6, 6.07) is 5.02. The van der Waals surface area contributed by atoms with Crippen molar-refractivity contribution in [2.75, 3.05) is 31.9 Å². The molecule has 1 aromatic carbocycles. The number of nitrogens with zero attached hydrogens (tertiary/aromatic N) is 2. The number of carbonyl (C=O) groups is 2. The fourth-order valence-corrected chi connectivity index (χ4v) is 2.55. The quantitative estimate of drug-likeness (QED) is 0.632. The van der Waals surface area contributed by atoms with Crippen molar-refractivity contribution >= 4 is 17.5 Å². The summed E-state index contributed by atoms with van der Waals surface area (Å²) in [5.41, 5.74) is 6.97. The molecule has 1 aliphatic rings. The summed E-state index contributed by atoms with van der Waals surface area (Å²) in [4.78, 5) is 28.1. The zero-order chi connectivity index (χ0) is 14.7. The molecule has 0 aliphatic carbocycles. The van der Waals surface area contributed by atoms with Crippen molar-refractivity contribution < 1.29 is 9.59 Å². The van der Waals surface area contributed by atoms with Crippen LogP contribution in [0, 0.1) is 0 Å². The maximum absolute atomic E-state index is 12.3. The molecule has 2 N–H and O–H groups in total. The SMILES string of the molecule is CCCN(CC)CCN1C(=O)c2cccc(N)c2C1=O. The molecule has 0 radical (unpaired) electrons. The van der Waals surface area contributed by atoms with E-state index in [0.717, 1.165) is 19.5 Å². The highest BCUT2D eigenvalue weighted by molar-refractivity contribution is 6.23. The highest BCUT2D eigenvalue weighted by Crippen LogP contribution is 2.27. The van der Waals surface area contributed by atoms with Crippen molar-refractivity contribution in [1.29, 1.82) is 0 Å². The first-order valence-electron chi connectivity index (χ1n) is 7.07. The Morgan fingerprint density at radius 3 is 2.50 bits per heavy atom. The minimum Gasteiger partial charge on any atom is -0.398 e. The molecule has 1 aromatic rings. The van der Waals surface area contributed by atoms with E-state index in [4.69, 9.17) is 5.73 Å². The highest BCUT2D eigenvalue weighted by Gasteiger charge is 2.36. The number of imide groups is 1. The van der Waals surface area contributed by atoms with E-state index >= 15 is 0 Å². The Hall–Kier alpha value is -1.88. The topological polar surface area (TPSA) is 66.6 Å². The second-order valence-electron chi connectivity index (χ2n) is 4.97. The van der Waals surface area contributed by atoms with Crippen LogP contribution in [0.1, 0.15) is 41.0 Å². The summed E-state index contributed by atoms with van der Waals surface area (Å²) in [7, 11) is 0. The third kappa shape index (κ3) is 2.54. The molecule has 0 atom stereocenters. The standard InChI is InChI=1S/C15H21N3O2/c1-3-8-17(4-2)9-10-18-14(19)11-6-5-7-12(16)13(11)15(18)20/h5-7H,3-4,8-10,16H2,1-2H3. The predicted molar refractivity (Wildman–Crippen MR) is 78.6 cm³/mol. The van der Waals surface area contributed by atoms with Crippen molar-refractivity contribution in [3.8, 4) is 0 Å². The highest BCUT2D eigenvalue weighted by atomic mass is 16.2. The molecule has 0 bridgehead atoms. The number of hydrogen-bond donors (Lipinski definition) is 1. The Morgan fingerprint density at radius 2 is 1.90 bits per heavy atom. The second kappa shape index (κ2) is 6.05. The monoisotopic (exact) mass is 275 g/mol. The van der Waals surface area contributed by atoms with Gasteiger partial charge in [-0.05, 0) is 31.6 Å². The summed E-state index contributed by atoms with van der Waals surface area (Å²) in [6.07, 6.45) is 1.06.